The summed E-state index contributed by atoms with van der Waals surface area (Å²) in [6, 6.07) is 7.40. The van der Waals surface area contributed by atoms with Gasteiger partial charge in [-0.15, -0.1) is 0 Å². The van der Waals surface area contributed by atoms with Crippen LogP contribution in [0, 0.1) is 0 Å². The van der Waals surface area contributed by atoms with E-state index in [9.17, 15) is 4.79 Å². The number of carbonyl (C=O) groups excluding carboxylic acids is 1. The summed E-state index contributed by atoms with van der Waals surface area (Å²) < 4.78 is 10.2. The number of methoxy groups -OCH3 is 2. The molecule has 5 nitrogen and oxygen atoms in total. The molecule has 124 valence electrons. The molecule has 22 heavy (non-hydrogen) atoms. The van der Waals surface area contributed by atoms with E-state index < -0.39 is 0 Å². The zero-order chi connectivity index (χ0) is 16.2. The Morgan fingerprint density at radius 2 is 2.05 bits per heavy atom. The second-order valence-corrected chi connectivity index (χ2v) is 5.20. The molecule has 0 aliphatic carbocycles. The van der Waals surface area contributed by atoms with E-state index in [1.807, 2.05) is 24.3 Å². The van der Waals surface area contributed by atoms with Gasteiger partial charge in [0.25, 0.3) is 0 Å². The predicted octanol–water partition coefficient (Wildman–Crippen LogP) is 2.77. The van der Waals surface area contributed by atoms with Gasteiger partial charge in [0.2, 0.25) is 5.91 Å². The van der Waals surface area contributed by atoms with Gasteiger partial charge in [-0.3, -0.25) is 9.69 Å². The first kappa shape index (κ1) is 18.5. The molecule has 0 aromatic heterocycles. The molecule has 0 saturated carbocycles. The normalized spacial score (nSPS) is 10.7. The summed E-state index contributed by atoms with van der Waals surface area (Å²) in [5.41, 5.74) is 0.764. The largest absolute Gasteiger partial charge is 0.497 e. The summed E-state index contributed by atoms with van der Waals surface area (Å²) >= 11 is 0. The van der Waals surface area contributed by atoms with E-state index in [-0.39, 0.29) is 5.91 Å². The Balaban J connectivity index is 2.34. The van der Waals surface area contributed by atoms with Gasteiger partial charge < -0.3 is 14.8 Å². The van der Waals surface area contributed by atoms with Crippen molar-refractivity contribution in [3.8, 4) is 5.75 Å². The van der Waals surface area contributed by atoms with Gasteiger partial charge in [-0.25, -0.2) is 0 Å². The highest BCUT2D eigenvalue weighted by Gasteiger charge is 2.09. The number of anilines is 1. The van der Waals surface area contributed by atoms with Crippen LogP contribution in [0.5, 0.6) is 5.75 Å². The van der Waals surface area contributed by atoms with Crippen LogP contribution in [0.25, 0.3) is 0 Å². The van der Waals surface area contributed by atoms with Crippen LogP contribution in [0.1, 0.15) is 26.2 Å². The first-order valence-electron chi connectivity index (χ1n) is 7.84. The fraction of sp³-hybridized carbons (Fsp3) is 0.588. The van der Waals surface area contributed by atoms with E-state index in [1.165, 1.54) is 0 Å². The maximum Gasteiger partial charge on any atom is 0.238 e. The van der Waals surface area contributed by atoms with E-state index >= 15 is 0 Å². The number of hydrogen-bond acceptors (Lipinski definition) is 4. The van der Waals surface area contributed by atoms with Gasteiger partial charge >= 0.3 is 0 Å². The third-order valence-electron chi connectivity index (χ3n) is 3.49. The fourth-order valence-electron chi connectivity index (χ4n) is 2.21. The SMILES string of the molecule is CCN(CCCCCOC)CC(=O)Nc1cccc(OC)c1. The standard InChI is InChI=1S/C17H28N2O3/c1-4-19(11-6-5-7-12-21-2)14-17(20)18-15-9-8-10-16(13-15)22-3/h8-10,13H,4-7,11-12,14H2,1-3H3,(H,18,20). The van der Waals surface area contributed by atoms with Gasteiger partial charge in [-0.1, -0.05) is 13.0 Å². The number of ether oxygens (including phenoxy) is 2. The van der Waals surface area contributed by atoms with Crippen molar-refractivity contribution in [1.82, 2.24) is 4.90 Å². The summed E-state index contributed by atoms with van der Waals surface area (Å²) in [4.78, 5) is 14.3. The Hall–Kier alpha value is -1.59. The molecule has 0 unspecified atom stereocenters. The summed E-state index contributed by atoms with van der Waals surface area (Å²) in [7, 11) is 3.34. The van der Waals surface area contributed by atoms with E-state index in [4.69, 9.17) is 9.47 Å². The summed E-state index contributed by atoms with van der Waals surface area (Å²) in [5, 5.41) is 2.91. The molecule has 1 N–H and O–H groups in total. The predicted molar refractivity (Wildman–Crippen MR) is 89.5 cm³/mol. The van der Waals surface area contributed by atoms with Crippen molar-refractivity contribution >= 4 is 11.6 Å². The Morgan fingerprint density at radius 3 is 2.73 bits per heavy atom. The highest BCUT2D eigenvalue weighted by molar-refractivity contribution is 5.92. The second kappa shape index (κ2) is 11.0. The average molecular weight is 308 g/mol. The van der Waals surface area contributed by atoms with Crippen LogP contribution in [0.2, 0.25) is 0 Å². The molecule has 0 spiro atoms. The van der Waals surface area contributed by atoms with E-state index in [1.54, 1.807) is 14.2 Å². The van der Waals surface area contributed by atoms with Crippen molar-refractivity contribution in [1.29, 1.82) is 0 Å². The lowest BCUT2D eigenvalue weighted by molar-refractivity contribution is -0.117. The van der Waals surface area contributed by atoms with Gasteiger partial charge in [0.05, 0.1) is 13.7 Å². The molecule has 1 aromatic carbocycles. The van der Waals surface area contributed by atoms with Crippen molar-refractivity contribution in [3.05, 3.63) is 24.3 Å². The zero-order valence-electron chi connectivity index (χ0n) is 13.9. The Labute approximate surface area is 133 Å². The minimum absolute atomic E-state index is 0.00648. The highest BCUT2D eigenvalue weighted by atomic mass is 16.5. The lowest BCUT2D eigenvalue weighted by atomic mass is 10.2. The van der Waals surface area contributed by atoms with Crippen molar-refractivity contribution in [3.63, 3.8) is 0 Å². The molecular formula is C17H28N2O3. The quantitative estimate of drug-likeness (QED) is 0.639. The molecule has 0 aliphatic heterocycles. The van der Waals surface area contributed by atoms with Crippen LogP contribution >= 0.6 is 0 Å². The molecule has 1 aromatic rings. The molecule has 1 rings (SSSR count). The van der Waals surface area contributed by atoms with Crippen LogP contribution in [-0.2, 0) is 9.53 Å². The Kier molecular flexibility index (Phi) is 9.26. The number of carbonyl (C=O) groups is 1. The Morgan fingerprint density at radius 1 is 1.23 bits per heavy atom. The number of hydrogen-bond donors (Lipinski definition) is 1. The van der Waals surface area contributed by atoms with Gasteiger partial charge in [0.1, 0.15) is 5.75 Å². The third-order valence-corrected chi connectivity index (χ3v) is 3.49. The van der Waals surface area contributed by atoms with E-state index in [2.05, 4.69) is 17.1 Å². The van der Waals surface area contributed by atoms with Gasteiger partial charge in [-0.2, -0.15) is 0 Å². The third kappa shape index (κ3) is 7.43. The number of nitrogens with one attached hydrogen (secondary N) is 1. The molecular weight excluding hydrogens is 280 g/mol. The van der Waals surface area contributed by atoms with Gasteiger partial charge in [0, 0.05) is 25.5 Å². The molecule has 0 bridgehead atoms. The zero-order valence-corrected chi connectivity index (χ0v) is 13.9. The van der Waals surface area contributed by atoms with Crippen molar-refractivity contribution in [2.45, 2.75) is 26.2 Å². The summed E-state index contributed by atoms with van der Waals surface area (Å²) in [6.07, 6.45) is 3.29. The molecule has 0 atom stereocenters. The number of rotatable bonds is 11. The average Bonchev–Trinajstić information content (AvgIpc) is 2.53. The lowest BCUT2D eigenvalue weighted by Gasteiger charge is -2.19. The molecule has 0 fully saturated rings. The van der Waals surface area contributed by atoms with Crippen LogP contribution < -0.4 is 10.1 Å². The molecule has 0 heterocycles. The van der Waals surface area contributed by atoms with Crippen LogP contribution in [0.15, 0.2) is 24.3 Å². The minimum atomic E-state index is 0.00648. The number of amides is 1. The maximum absolute atomic E-state index is 12.1. The van der Waals surface area contributed by atoms with Crippen LogP contribution in [0.4, 0.5) is 5.69 Å². The smallest absolute Gasteiger partial charge is 0.238 e. The first-order valence-corrected chi connectivity index (χ1v) is 7.84. The fourth-order valence-corrected chi connectivity index (χ4v) is 2.21. The van der Waals surface area contributed by atoms with Gasteiger partial charge in [-0.05, 0) is 44.5 Å². The summed E-state index contributed by atoms with van der Waals surface area (Å²) in [5.74, 6) is 0.746. The van der Waals surface area contributed by atoms with E-state index in [0.29, 0.717) is 6.54 Å². The van der Waals surface area contributed by atoms with Crippen molar-refractivity contribution in [2.75, 3.05) is 45.8 Å². The molecule has 0 saturated heterocycles. The second-order valence-electron chi connectivity index (χ2n) is 5.20. The number of unbranched alkanes of at least 4 members (excludes halogenated alkanes) is 2. The molecule has 0 aliphatic rings. The molecule has 0 radical (unpaired) electrons. The minimum Gasteiger partial charge on any atom is -0.497 e. The lowest BCUT2D eigenvalue weighted by Crippen LogP contribution is -2.33. The molecule has 1 amide bonds. The molecule has 5 heteroatoms. The number of likely N-dealkylation sites (N-methyl/N-ethyl adjacent to an activating group) is 1. The van der Waals surface area contributed by atoms with Crippen molar-refractivity contribution < 1.29 is 14.3 Å². The maximum atomic E-state index is 12.1. The van der Waals surface area contributed by atoms with E-state index in [0.717, 1.165) is 50.4 Å². The van der Waals surface area contributed by atoms with Crippen LogP contribution in [0.3, 0.4) is 0 Å². The van der Waals surface area contributed by atoms with Crippen molar-refractivity contribution in [2.24, 2.45) is 0 Å². The monoisotopic (exact) mass is 308 g/mol. The number of nitrogens with zero attached hydrogens (tertiary/aromatic N) is 1. The number of benzene rings is 1. The highest BCUT2D eigenvalue weighted by Crippen LogP contribution is 2.16. The summed E-state index contributed by atoms with van der Waals surface area (Å²) in [6.45, 7) is 5.11. The topological polar surface area (TPSA) is 50.8 Å². The van der Waals surface area contributed by atoms with Crippen LogP contribution in [-0.4, -0.2) is 51.3 Å². The first-order chi connectivity index (χ1) is 10.7. The van der Waals surface area contributed by atoms with Gasteiger partial charge in [0.15, 0.2) is 0 Å². The Bertz CT molecular complexity index is 438.